The van der Waals surface area contributed by atoms with E-state index in [9.17, 15) is 9.59 Å². The first-order valence-electron chi connectivity index (χ1n) is 12.7. The van der Waals surface area contributed by atoms with Gasteiger partial charge in [0.2, 0.25) is 5.91 Å². The lowest BCUT2D eigenvalue weighted by Gasteiger charge is -2.33. The molecule has 5 nitrogen and oxygen atoms in total. The van der Waals surface area contributed by atoms with Gasteiger partial charge in [-0.2, -0.15) is 0 Å². The summed E-state index contributed by atoms with van der Waals surface area (Å²) < 4.78 is 6.93. The Hall–Kier alpha value is -2.58. The molecule has 1 atom stereocenters. The molecule has 1 fully saturated rings. The van der Waals surface area contributed by atoms with Crippen molar-refractivity contribution in [3.05, 3.63) is 98.6 Å². The van der Waals surface area contributed by atoms with Gasteiger partial charge < -0.3 is 15.0 Å². The lowest BCUT2D eigenvalue weighted by molar-refractivity contribution is -0.143. The fraction of sp³-hybridized carbons (Fsp3) is 0.333. The number of hydrogen-bond acceptors (Lipinski definition) is 3. The molecule has 0 saturated heterocycles. The summed E-state index contributed by atoms with van der Waals surface area (Å²) in [6, 6.07) is 24.3. The third-order valence-corrected chi connectivity index (χ3v) is 7.59. The molecule has 1 aliphatic carbocycles. The first kappa shape index (κ1) is 27.5. The Labute approximate surface area is 237 Å². The number of amides is 2. The summed E-state index contributed by atoms with van der Waals surface area (Å²) in [7, 11) is 0. The van der Waals surface area contributed by atoms with Gasteiger partial charge in [0.1, 0.15) is 11.8 Å². The highest BCUT2D eigenvalue weighted by Gasteiger charge is 2.32. The van der Waals surface area contributed by atoms with Crippen LogP contribution in [-0.4, -0.2) is 35.4 Å². The van der Waals surface area contributed by atoms with Gasteiger partial charge in [-0.3, -0.25) is 9.59 Å². The van der Waals surface area contributed by atoms with E-state index in [0.717, 1.165) is 40.4 Å². The maximum Gasteiger partial charge on any atom is 0.261 e. The van der Waals surface area contributed by atoms with Crippen LogP contribution in [0.5, 0.6) is 5.75 Å². The predicted octanol–water partition coefficient (Wildman–Crippen LogP) is 6.41. The molecule has 7 heteroatoms. The minimum absolute atomic E-state index is 0.125. The molecule has 3 aromatic rings. The summed E-state index contributed by atoms with van der Waals surface area (Å²) in [4.78, 5) is 29.1. The number of carbonyl (C=O) groups is 2. The monoisotopic (exact) mass is 630 g/mol. The van der Waals surface area contributed by atoms with Crippen LogP contribution in [0.1, 0.15) is 43.2 Å². The van der Waals surface area contributed by atoms with E-state index in [2.05, 4.69) is 27.9 Å². The first-order chi connectivity index (χ1) is 18.0. The second-order valence-corrected chi connectivity index (χ2v) is 11.1. The van der Waals surface area contributed by atoms with Crippen molar-refractivity contribution in [1.29, 1.82) is 0 Å². The zero-order valence-corrected chi connectivity index (χ0v) is 23.7. The van der Waals surface area contributed by atoms with Gasteiger partial charge in [-0.05, 0) is 83.0 Å². The van der Waals surface area contributed by atoms with Crippen LogP contribution in [0.2, 0.25) is 5.02 Å². The van der Waals surface area contributed by atoms with Crippen molar-refractivity contribution in [3.63, 3.8) is 0 Å². The summed E-state index contributed by atoms with van der Waals surface area (Å²) in [6.07, 6.45) is 5.79. The van der Waals surface area contributed by atoms with Crippen molar-refractivity contribution in [1.82, 2.24) is 10.2 Å². The molecule has 194 valence electrons. The van der Waals surface area contributed by atoms with E-state index in [1.807, 2.05) is 72.8 Å². The molecule has 0 aliphatic heterocycles. The molecule has 0 aromatic heterocycles. The minimum atomic E-state index is -0.684. The highest BCUT2D eigenvalue weighted by molar-refractivity contribution is 14.1. The summed E-state index contributed by atoms with van der Waals surface area (Å²) in [6.45, 7) is 0.0915. The molecule has 1 aliphatic rings. The molecular weight excluding hydrogens is 599 g/mol. The highest BCUT2D eigenvalue weighted by atomic mass is 127. The second kappa shape index (κ2) is 13.8. The first-order valence-corrected chi connectivity index (χ1v) is 14.2. The lowest BCUT2D eigenvalue weighted by atomic mass is 9.94. The SMILES string of the molecule is O=C(NC1CCCCC1)[C@@H](Cc1ccccc1)N(Cc1cccc(Cl)c1)C(=O)COc1ccc(I)cc1. The third kappa shape index (κ3) is 8.47. The number of carbonyl (C=O) groups excluding carboxylic acids is 2. The molecule has 0 radical (unpaired) electrons. The summed E-state index contributed by atoms with van der Waals surface area (Å²) in [5.41, 5.74) is 1.85. The normalized spacial score (nSPS) is 14.5. The Bertz CT molecular complexity index is 1170. The van der Waals surface area contributed by atoms with E-state index in [4.69, 9.17) is 16.3 Å². The number of rotatable bonds is 10. The van der Waals surface area contributed by atoms with Gasteiger partial charge in [-0.1, -0.05) is 73.3 Å². The summed E-state index contributed by atoms with van der Waals surface area (Å²) in [5, 5.41) is 3.84. The van der Waals surface area contributed by atoms with Gasteiger partial charge in [0.15, 0.2) is 6.61 Å². The maximum absolute atomic E-state index is 13.8. The van der Waals surface area contributed by atoms with Gasteiger partial charge in [0.25, 0.3) is 5.91 Å². The van der Waals surface area contributed by atoms with Crippen molar-refractivity contribution < 1.29 is 14.3 Å². The van der Waals surface area contributed by atoms with Crippen LogP contribution < -0.4 is 10.1 Å². The molecule has 3 aromatic carbocycles. The highest BCUT2D eigenvalue weighted by Crippen LogP contribution is 2.21. The van der Waals surface area contributed by atoms with E-state index < -0.39 is 6.04 Å². The number of hydrogen-bond donors (Lipinski definition) is 1. The van der Waals surface area contributed by atoms with E-state index in [0.29, 0.717) is 17.2 Å². The largest absolute Gasteiger partial charge is 0.484 e. The Balaban J connectivity index is 1.60. The zero-order valence-electron chi connectivity index (χ0n) is 20.7. The quantitative estimate of drug-likeness (QED) is 0.264. The van der Waals surface area contributed by atoms with Crippen LogP contribution in [0.3, 0.4) is 0 Å². The fourth-order valence-corrected chi connectivity index (χ4v) is 5.26. The van der Waals surface area contributed by atoms with Gasteiger partial charge in [-0.25, -0.2) is 0 Å². The molecule has 2 amide bonds. The van der Waals surface area contributed by atoms with Crippen molar-refractivity contribution in [2.75, 3.05) is 6.61 Å². The minimum Gasteiger partial charge on any atom is -0.484 e. The van der Waals surface area contributed by atoms with E-state index in [-0.39, 0.29) is 31.0 Å². The van der Waals surface area contributed by atoms with E-state index >= 15 is 0 Å². The number of nitrogens with one attached hydrogen (secondary N) is 1. The maximum atomic E-state index is 13.8. The Morgan fingerprint density at radius 3 is 2.35 bits per heavy atom. The molecule has 0 bridgehead atoms. The van der Waals surface area contributed by atoms with Crippen LogP contribution in [0, 0.1) is 3.57 Å². The van der Waals surface area contributed by atoms with Gasteiger partial charge in [0.05, 0.1) is 0 Å². The fourth-order valence-electron chi connectivity index (χ4n) is 4.69. The molecule has 1 N–H and O–H groups in total. The third-order valence-electron chi connectivity index (χ3n) is 6.64. The summed E-state index contributed by atoms with van der Waals surface area (Å²) >= 11 is 8.48. The average molecular weight is 631 g/mol. The van der Waals surface area contributed by atoms with Crippen LogP contribution in [0.4, 0.5) is 0 Å². The number of nitrogens with zero attached hydrogens (tertiary/aromatic N) is 1. The van der Waals surface area contributed by atoms with Crippen LogP contribution in [-0.2, 0) is 22.6 Å². The molecule has 1 saturated carbocycles. The van der Waals surface area contributed by atoms with Crippen molar-refractivity contribution in [3.8, 4) is 5.75 Å². The van der Waals surface area contributed by atoms with Crippen molar-refractivity contribution >= 4 is 46.0 Å². The Morgan fingerprint density at radius 2 is 1.65 bits per heavy atom. The smallest absolute Gasteiger partial charge is 0.261 e. The summed E-state index contributed by atoms with van der Waals surface area (Å²) in [5.74, 6) is 0.237. The Kier molecular flexibility index (Phi) is 10.3. The predicted molar refractivity (Wildman–Crippen MR) is 156 cm³/mol. The molecule has 4 rings (SSSR count). The topological polar surface area (TPSA) is 58.6 Å². The lowest BCUT2D eigenvalue weighted by Crippen LogP contribution is -2.53. The van der Waals surface area contributed by atoms with Crippen molar-refractivity contribution in [2.45, 2.75) is 57.2 Å². The molecule has 37 heavy (non-hydrogen) atoms. The zero-order chi connectivity index (χ0) is 26.0. The number of ether oxygens (including phenoxy) is 1. The molecule has 0 heterocycles. The standard InChI is InChI=1S/C30H32ClIN2O3/c31-24-11-7-10-23(18-24)20-34(29(35)21-37-27-16-14-25(32)15-17-27)28(19-22-8-3-1-4-9-22)30(36)33-26-12-5-2-6-13-26/h1,3-4,7-11,14-18,26,28H,2,5-6,12-13,19-21H2,(H,33,36)/t28-/m1/s1. The molecule has 0 spiro atoms. The van der Waals surface area contributed by atoms with Gasteiger partial charge >= 0.3 is 0 Å². The van der Waals surface area contributed by atoms with Crippen LogP contribution >= 0.6 is 34.2 Å². The van der Waals surface area contributed by atoms with Gasteiger partial charge in [-0.15, -0.1) is 0 Å². The average Bonchev–Trinajstić information content (AvgIpc) is 2.91. The number of benzene rings is 3. The Morgan fingerprint density at radius 1 is 0.946 bits per heavy atom. The molecular formula is C30H32ClIN2O3. The molecule has 0 unspecified atom stereocenters. The van der Waals surface area contributed by atoms with E-state index in [1.54, 1.807) is 11.0 Å². The van der Waals surface area contributed by atoms with Crippen LogP contribution in [0.25, 0.3) is 0 Å². The number of halogens is 2. The van der Waals surface area contributed by atoms with Crippen LogP contribution in [0.15, 0.2) is 78.9 Å². The van der Waals surface area contributed by atoms with Crippen molar-refractivity contribution in [2.24, 2.45) is 0 Å². The second-order valence-electron chi connectivity index (χ2n) is 9.44. The van der Waals surface area contributed by atoms with Gasteiger partial charge in [0, 0.05) is 27.6 Å². The van der Waals surface area contributed by atoms with E-state index in [1.165, 1.54) is 6.42 Å².